The number of hydrogen-bond donors (Lipinski definition) is 2. The quantitative estimate of drug-likeness (QED) is 0.470. The van der Waals surface area contributed by atoms with E-state index in [1.165, 1.54) is 0 Å². The van der Waals surface area contributed by atoms with E-state index < -0.39 is 8.32 Å². The molecule has 0 aliphatic heterocycles. The van der Waals surface area contributed by atoms with E-state index in [0.29, 0.717) is 6.61 Å². The van der Waals surface area contributed by atoms with Gasteiger partial charge in [-0.2, -0.15) is 0 Å². The van der Waals surface area contributed by atoms with Crippen LogP contribution >= 0.6 is 15.9 Å². The fourth-order valence-electron chi connectivity index (χ4n) is 1.39. The highest BCUT2D eigenvalue weighted by Gasteiger charge is 2.36. The van der Waals surface area contributed by atoms with Gasteiger partial charge in [0.05, 0.1) is 18.0 Å². The number of hydrogen-bond acceptors (Lipinski definition) is 3. The maximum absolute atomic E-state index is 6.11. The van der Waals surface area contributed by atoms with Gasteiger partial charge in [-0.25, -0.2) is 0 Å². The van der Waals surface area contributed by atoms with Crippen molar-refractivity contribution in [3.05, 3.63) is 22.7 Å². The normalized spacial score (nSPS) is 12.5. The van der Waals surface area contributed by atoms with E-state index in [1.807, 2.05) is 18.2 Å². The van der Waals surface area contributed by atoms with Crippen LogP contribution in [0.15, 0.2) is 22.7 Å². The first-order valence-corrected chi connectivity index (χ1v) is 10.3. The molecule has 108 valence electrons. The lowest BCUT2D eigenvalue weighted by Crippen LogP contribution is -2.41. The van der Waals surface area contributed by atoms with Crippen molar-refractivity contribution in [1.29, 1.82) is 0 Å². The van der Waals surface area contributed by atoms with Crippen LogP contribution in [0, 0.1) is 0 Å². The molecule has 19 heavy (non-hydrogen) atoms. The summed E-state index contributed by atoms with van der Waals surface area (Å²) in [6.07, 6.45) is 0. The van der Waals surface area contributed by atoms with E-state index in [-0.39, 0.29) is 5.04 Å². The Labute approximate surface area is 126 Å². The molecule has 0 aromatic heterocycles. The second-order valence-corrected chi connectivity index (χ2v) is 12.0. The Morgan fingerprint density at radius 2 is 1.95 bits per heavy atom. The molecule has 0 atom stereocenters. The van der Waals surface area contributed by atoms with Gasteiger partial charge >= 0.3 is 0 Å². The summed E-state index contributed by atoms with van der Waals surface area (Å²) in [7, 11) is -1.65. The molecular weight excluding hydrogens is 320 g/mol. The van der Waals surface area contributed by atoms with Crippen LogP contribution in [0.4, 0.5) is 11.4 Å². The topological polar surface area (TPSA) is 47.3 Å². The molecule has 1 aromatic rings. The lowest BCUT2D eigenvalue weighted by molar-refractivity contribution is 0.301. The van der Waals surface area contributed by atoms with Crippen molar-refractivity contribution < 1.29 is 4.43 Å². The minimum atomic E-state index is -1.65. The molecule has 1 rings (SSSR count). The maximum Gasteiger partial charge on any atom is 0.192 e. The predicted molar refractivity (Wildman–Crippen MR) is 90.2 cm³/mol. The van der Waals surface area contributed by atoms with Gasteiger partial charge in [-0.1, -0.05) is 36.7 Å². The number of rotatable bonds is 5. The van der Waals surface area contributed by atoms with Gasteiger partial charge in [-0.3, -0.25) is 0 Å². The number of nitrogens with two attached hydrogens (primary N) is 1. The molecule has 0 radical (unpaired) electrons. The second kappa shape index (κ2) is 6.28. The standard InChI is InChI=1S/C14H25BrN2OSi/c1-14(2,3)19(4,5)18-9-8-17-13-10-11(15)6-7-12(13)16/h6-7,10,17H,8-9,16H2,1-5H3. The highest BCUT2D eigenvalue weighted by molar-refractivity contribution is 9.10. The van der Waals surface area contributed by atoms with Crippen molar-refractivity contribution in [2.75, 3.05) is 24.2 Å². The number of halogens is 1. The van der Waals surface area contributed by atoms with Crippen LogP contribution in [0.1, 0.15) is 20.8 Å². The van der Waals surface area contributed by atoms with Crippen LogP contribution in [0.2, 0.25) is 18.1 Å². The summed E-state index contributed by atoms with van der Waals surface area (Å²) in [5.74, 6) is 0. The van der Waals surface area contributed by atoms with Crippen LogP contribution in [-0.4, -0.2) is 21.5 Å². The number of anilines is 2. The summed E-state index contributed by atoms with van der Waals surface area (Å²) in [5.41, 5.74) is 7.62. The zero-order chi connectivity index (χ0) is 14.7. The monoisotopic (exact) mass is 344 g/mol. The van der Waals surface area contributed by atoms with E-state index in [2.05, 4.69) is 55.1 Å². The molecule has 3 N–H and O–H groups in total. The van der Waals surface area contributed by atoms with Crippen LogP contribution in [-0.2, 0) is 4.43 Å². The third kappa shape index (κ3) is 4.82. The molecule has 0 spiro atoms. The zero-order valence-corrected chi connectivity index (χ0v) is 15.1. The Kier molecular flexibility index (Phi) is 5.47. The lowest BCUT2D eigenvalue weighted by Gasteiger charge is -2.36. The van der Waals surface area contributed by atoms with Gasteiger partial charge in [0, 0.05) is 11.0 Å². The number of benzene rings is 1. The minimum absolute atomic E-state index is 0.252. The Bertz CT molecular complexity index is 430. The van der Waals surface area contributed by atoms with E-state index in [0.717, 1.165) is 22.4 Å². The first-order chi connectivity index (χ1) is 8.63. The Morgan fingerprint density at radius 3 is 2.53 bits per heavy atom. The summed E-state index contributed by atoms with van der Waals surface area (Å²) < 4.78 is 7.13. The molecule has 0 saturated carbocycles. The van der Waals surface area contributed by atoms with Gasteiger partial charge in [0.25, 0.3) is 0 Å². The molecule has 0 unspecified atom stereocenters. The fraction of sp³-hybridized carbons (Fsp3) is 0.571. The van der Waals surface area contributed by atoms with Crippen molar-refractivity contribution in [3.63, 3.8) is 0 Å². The summed E-state index contributed by atoms with van der Waals surface area (Å²) in [6.45, 7) is 12.8. The maximum atomic E-state index is 6.11. The fourth-order valence-corrected chi connectivity index (χ4v) is 2.80. The highest BCUT2D eigenvalue weighted by atomic mass is 79.9. The summed E-state index contributed by atoms with van der Waals surface area (Å²) in [4.78, 5) is 0. The van der Waals surface area contributed by atoms with Crippen molar-refractivity contribution >= 4 is 35.6 Å². The molecular formula is C14H25BrN2OSi. The minimum Gasteiger partial charge on any atom is -0.415 e. The van der Waals surface area contributed by atoms with Crippen LogP contribution in [0.25, 0.3) is 0 Å². The smallest absolute Gasteiger partial charge is 0.192 e. The van der Waals surface area contributed by atoms with Crippen molar-refractivity contribution in [2.24, 2.45) is 0 Å². The van der Waals surface area contributed by atoms with Crippen molar-refractivity contribution in [2.45, 2.75) is 38.9 Å². The molecule has 0 amide bonds. The summed E-state index contributed by atoms with van der Waals surface area (Å²) in [6, 6.07) is 5.81. The van der Waals surface area contributed by atoms with Crippen LogP contribution in [0.3, 0.4) is 0 Å². The number of nitrogens with one attached hydrogen (secondary N) is 1. The first-order valence-electron chi connectivity index (χ1n) is 6.56. The summed E-state index contributed by atoms with van der Waals surface area (Å²) in [5, 5.41) is 3.57. The van der Waals surface area contributed by atoms with Crippen molar-refractivity contribution in [3.8, 4) is 0 Å². The first kappa shape index (κ1) is 16.5. The van der Waals surface area contributed by atoms with Crippen molar-refractivity contribution in [1.82, 2.24) is 0 Å². The van der Waals surface area contributed by atoms with Crippen LogP contribution in [0.5, 0.6) is 0 Å². The summed E-state index contributed by atoms with van der Waals surface area (Å²) >= 11 is 3.44. The molecule has 0 aliphatic rings. The molecule has 0 fully saturated rings. The highest BCUT2D eigenvalue weighted by Crippen LogP contribution is 2.36. The second-order valence-electron chi connectivity index (χ2n) is 6.27. The van der Waals surface area contributed by atoms with Gasteiger partial charge in [0.15, 0.2) is 8.32 Å². The lowest BCUT2D eigenvalue weighted by atomic mass is 10.2. The Hall–Kier alpha value is -0.523. The largest absolute Gasteiger partial charge is 0.415 e. The van der Waals surface area contributed by atoms with E-state index in [4.69, 9.17) is 10.2 Å². The Balaban J connectivity index is 2.45. The molecule has 0 aliphatic carbocycles. The van der Waals surface area contributed by atoms with E-state index in [1.54, 1.807) is 0 Å². The molecule has 0 bridgehead atoms. The molecule has 0 heterocycles. The van der Waals surface area contributed by atoms with E-state index in [9.17, 15) is 0 Å². The van der Waals surface area contributed by atoms with Gasteiger partial charge in [0.2, 0.25) is 0 Å². The average molecular weight is 345 g/mol. The van der Waals surface area contributed by atoms with Gasteiger partial charge < -0.3 is 15.5 Å². The molecule has 5 heteroatoms. The van der Waals surface area contributed by atoms with E-state index >= 15 is 0 Å². The predicted octanol–water partition coefficient (Wildman–Crippen LogP) is 4.47. The van der Waals surface area contributed by atoms with Gasteiger partial charge in [0.1, 0.15) is 0 Å². The van der Waals surface area contributed by atoms with Gasteiger partial charge in [-0.15, -0.1) is 0 Å². The molecule has 3 nitrogen and oxygen atoms in total. The van der Waals surface area contributed by atoms with Gasteiger partial charge in [-0.05, 0) is 36.3 Å². The van der Waals surface area contributed by atoms with Crippen LogP contribution < -0.4 is 11.1 Å². The average Bonchev–Trinajstić information content (AvgIpc) is 2.27. The third-order valence-electron chi connectivity index (χ3n) is 3.70. The number of nitrogen functional groups attached to an aromatic ring is 1. The molecule has 1 aromatic carbocycles. The molecule has 0 saturated heterocycles. The Morgan fingerprint density at radius 1 is 1.32 bits per heavy atom. The third-order valence-corrected chi connectivity index (χ3v) is 8.73. The zero-order valence-electron chi connectivity index (χ0n) is 12.5. The SMILES string of the molecule is CC(C)(C)[Si](C)(C)OCCNc1cc(Br)ccc1N.